The van der Waals surface area contributed by atoms with Crippen LogP contribution in [0.25, 0.3) is 0 Å². The van der Waals surface area contributed by atoms with Crippen LogP contribution < -0.4 is 5.73 Å². The Morgan fingerprint density at radius 2 is 2.00 bits per heavy atom. The summed E-state index contributed by atoms with van der Waals surface area (Å²) >= 11 is 0. The maximum Gasteiger partial charge on any atom is 0.127 e. The molecule has 0 fully saturated rings. The van der Waals surface area contributed by atoms with E-state index in [1.54, 1.807) is 6.20 Å². The van der Waals surface area contributed by atoms with Crippen LogP contribution in [-0.4, -0.2) is 33.1 Å². The van der Waals surface area contributed by atoms with Gasteiger partial charge in [0.2, 0.25) is 0 Å². The largest absolute Gasteiger partial charge is 0.337 e. The number of nitrogens with two attached hydrogens (primary N) is 1. The Morgan fingerprint density at radius 3 is 2.38 bits per heavy atom. The zero-order valence-corrected chi connectivity index (χ0v) is 11.1. The Bertz CT molecular complexity index is 326. The third kappa shape index (κ3) is 2.28. The van der Waals surface area contributed by atoms with E-state index in [0.29, 0.717) is 0 Å². The second kappa shape index (κ2) is 4.97. The third-order valence-electron chi connectivity index (χ3n) is 3.48. The third-order valence-corrected chi connectivity index (χ3v) is 3.48. The summed E-state index contributed by atoms with van der Waals surface area (Å²) in [7, 11) is 1.99. The van der Waals surface area contributed by atoms with E-state index in [1.807, 2.05) is 17.8 Å². The van der Waals surface area contributed by atoms with Gasteiger partial charge in [-0.05, 0) is 26.9 Å². The lowest BCUT2D eigenvalue weighted by atomic mass is 9.92. The van der Waals surface area contributed by atoms with E-state index in [1.165, 1.54) is 0 Å². The lowest BCUT2D eigenvalue weighted by Gasteiger charge is -2.41. The van der Waals surface area contributed by atoms with Crippen LogP contribution in [0.2, 0.25) is 0 Å². The quantitative estimate of drug-likeness (QED) is 0.825. The Morgan fingerprint density at radius 1 is 1.44 bits per heavy atom. The van der Waals surface area contributed by atoms with Gasteiger partial charge in [-0.2, -0.15) is 0 Å². The molecule has 1 aromatic rings. The van der Waals surface area contributed by atoms with Gasteiger partial charge >= 0.3 is 0 Å². The molecule has 1 atom stereocenters. The van der Waals surface area contributed by atoms with Gasteiger partial charge < -0.3 is 10.3 Å². The molecule has 16 heavy (non-hydrogen) atoms. The van der Waals surface area contributed by atoms with E-state index in [9.17, 15) is 0 Å². The van der Waals surface area contributed by atoms with Gasteiger partial charge in [0.1, 0.15) is 5.82 Å². The van der Waals surface area contributed by atoms with Gasteiger partial charge in [-0.3, -0.25) is 4.90 Å². The molecule has 0 aliphatic heterocycles. The number of rotatable bonds is 5. The molecule has 0 spiro atoms. The Hall–Kier alpha value is -0.870. The number of likely N-dealkylation sites (N-methyl/N-ethyl adjacent to an activating group) is 1. The zero-order chi connectivity index (χ0) is 12.3. The number of hydrogen-bond acceptors (Lipinski definition) is 3. The average Bonchev–Trinajstić information content (AvgIpc) is 2.64. The summed E-state index contributed by atoms with van der Waals surface area (Å²) in [6.07, 6.45) is 3.74. The van der Waals surface area contributed by atoms with Crippen molar-refractivity contribution in [3.05, 3.63) is 18.2 Å². The lowest BCUT2D eigenvalue weighted by molar-refractivity contribution is 0.103. The topological polar surface area (TPSA) is 47.1 Å². The van der Waals surface area contributed by atoms with Crippen LogP contribution in [0.4, 0.5) is 0 Å². The van der Waals surface area contributed by atoms with E-state index in [2.05, 4.69) is 37.6 Å². The standard InChI is InChI=1S/C12H24N4/c1-6-16(7-2)12(3,4)10(13)11-14-8-9-15(11)5/h8-10H,6-7,13H2,1-5H3. The number of hydrogen-bond donors (Lipinski definition) is 1. The average molecular weight is 224 g/mol. The van der Waals surface area contributed by atoms with Crippen molar-refractivity contribution in [1.29, 1.82) is 0 Å². The van der Waals surface area contributed by atoms with Crippen molar-refractivity contribution in [3.8, 4) is 0 Å². The van der Waals surface area contributed by atoms with Crippen molar-refractivity contribution in [3.63, 3.8) is 0 Å². The van der Waals surface area contributed by atoms with Crippen molar-refractivity contribution in [2.45, 2.75) is 39.3 Å². The molecule has 0 radical (unpaired) electrons. The van der Waals surface area contributed by atoms with Gasteiger partial charge in [-0.1, -0.05) is 13.8 Å². The molecule has 2 N–H and O–H groups in total. The summed E-state index contributed by atoms with van der Waals surface area (Å²) in [5, 5.41) is 0. The minimum Gasteiger partial charge on any atom is -0.337 e. The molecule has 0 aliphatic carbocycles. The van der Waals surface area contributed by atoms with Crippen LogP contribution in [0.15, 0.2) is 12.4 Å². The maximum absolute atomic E-state index is 6.35. The Kier molecular flexibility index (Phi) is 4.10. The van der Waals surface area contributed by atoms with Crippen molar-refractivity contribution in [1.82, 2.24) is 14.5 Å². The maximum atomic E-state index is 6.35. The van der Waals surface area contributed by atoms with Gasteiger partial charge in [0.05, 0.1) is 6.04 Å². The van der Waals surface area contributed by atoms with Gasteiger partial charge in [-0.25, -0.2) is 4.98 Å². The summed E-state index contributed by atoms with van der Waals surface area (Å²) in [6.45, 7) is 10.7. The second-order valence-electron chi connectivity index (χ2n) is 4.70. The molecule has 0 aromatic carbocycles. The van der Waals surface area contributed by atoms with E-state index in [-0.39, 0.29) is 11.6 Å². The van der Waals surface area contributed by atoms with E-state index < -0.39 is 0 Å². The van der Waals surface area contributed by atoms with Crippen LogP contribution in [0.1, 0.15) is 39.6 Å². The lowest BCUT2D eigenvalue weighted by Crippen LogP contribution is -2.51. The second-order valence-corrected chi connectivity index (χ2v) is 4.70. The van der Waals surface area contributed by atoms with Gasteiger partial charge in [-0.15, -0.1) is 0 Å². The molecule has 0 bridgehead atoms. The molecule has 1 heterocycles. The van der Waals surface area contributed by atoms with Crippen LogP contribution in [0.5, 0.6) is 0 Å². The molecule has 1 rings (SSSR count). The van der Waals surface area contributed by atoms with Crippen molar-refractivity contribution >= 4 is 0 Å². The zero-order valence-electron chi connectivity index (χ0n) is 11.1. The van der Waals surface area contributed by atoms with Crippen molar-refractivity contribution in [2.75, 3.05) is 13.1 Å². The van der Waals surface area contributed by atoms with Crippen LogP contribution in [0.3, 0.4) is 0 Å². The Balaban J connectivity index is 2.95. The molecular formula is C12H24N4. The minimum absolute atomic E-state index is 0.0765. The monoisotopic (exact) mass is 224 g/mol. The van der Waals surface area contributed by atoms with Gasteiger partial charge in [0, 0.05) is 25.0 Å². The number of aryl methyl sites for hydroxylation is 1. The molecule has 1 aromatic heterocycles. The first-order valence-electron chi connectivity index (χ1n) is 5.93. The van der Waals surface area contributed by atoms with E-state index in [4.69, 9.17) is 5.73 Å². The van der Waals surface area contributed by atoms with Gasteiger partial charge in [0.15, 0.2) is 0 Å². The molecule has 4 heteroatoms. The molecule has 0 saturated carbocycles. The Labute approximate surface area is 98.5 Å². The number of imidazole rings is 1. The van der Waals surface area contributed by atoms with E-state index in [0.717, 1.165) is 18.9 Å². The molecule has 0 saturated heterocycles. The highest BCUT2D eigenvalue weighted by molar-refractivity contribution is 5.06. The first kappa shape index (κ1) is 13.2. The van der Waals surface area contributed by atoms with Crippen molar-refractivity contribution in [2.24, 2.45) is 12.8 Å². The van der Waals surface area contributed by atoms with Crippen LogP contribution in [-0.2, 0) is 7.05 Å². The molecule has 4 nitrogen and oxygen atoms in total. The summed E-state index contributed by atoms with van der Waals surface area (Å²) in [5.74, 6) is 0.942. The highest BCUT2D eigenvalue weighted by atomic mass is 15.2. The summed E-state index contributed by atoms with van der Waals surface area (Å²) in [4.78, 5) is 6.71. The molecule has 1 unspecified atom stereocenters. The summed E-state index contributed by atoms with van der Waals surface area (Å²) in [6, 6.07) is -0.0765. The highest BCUT2D eigenvalue weighted by Crippen LogP contribution is 2.27. The van der Waals surface area contributed by atoms with Crippen LogP contribution in [0, 0.1) is 0 Å². The highest BCUT2D eigenvalue weighted by Gasteiger charge is 2.34. The number of aromatic nitrogens is 2. The molecular weight excluding hydrogens is 200 g/mol. The first-order valence-corrected chi connectivity index (χ1v) is 5.93. The SMILES string of the molecule is CCN(CC)C(C)(C)C(N)c1nccn1C. The predicted octanol–water partition coefficient (Wildman–Crippen LogP) is 1.54. The fourth-order valence-corrected chi connectivity index (χ4v) is 2.23. The molecule has 92 valence electrons. The first-order chi connectivity index (χ1) is 7.45. The smallest absolute Gasteiger partial charge is 0.127 e. The molecule has 0 amide bonds. The minimum atomic E-state index is -0.0807. The summed E-state index contributed by atoms with van der Waals surface area (Å²) in [5.41, 5.74) is 6.26. The number of nitrogens with zero attached hydrogens (tertiary/aromatic N) is 3. The fraction of sp³-hybridized carbons (Fsp3) is 0.750. The van der Waals surface area contributed by atoms with Crippen molar-refractivity contribution < 1.29 is 0 Å². The summed E-state index contributed by atoms with van der Waals surface area (Å²) < 4.78 is 2.00. The van der Waals surface area contributed by atoms with E-state index >= 15 is 0 Å². The molecule has 0 aliphatic rings. The van der Waals surface area contributed by atoms with Gasteiger partial charge in [0.25, 0.3) is 0 Å². The predicted molar refractivity (Wildman–Crippen MR) is 67.1 cm³/mol. The van der Waals surface area contributed by atoms with Crippen LogP contribution >= 0.6 is 0 Å². The normalized spacial score (nSPS) is 14.4. The fourth-order valence-electron chi connectivity index (χ4n) is 2.23.